The summed E-state index contributed by atoms with van der Waals surface area (Å²) in [5, 5.41) is 3.04. The number of hydrogen-bond donors (Lipinski definition) is 2. The second-order valence-corrected chi connectivity index (χ2v) is 5.82. The summed E-state index contributed by atoms with van der Waals surface area (Å²) in [5.74, 6) is 0.896. The van der Waals surface area contributed by atoms with E-state index in [2.05, 4.69) is 10.3 Å². The van der Waals surface area contributed by atoms with Crippen LogP contribution in [0.15, 0.2) is 53.5 Å². The fourth-order valence-corrected chi connectivity index (χ4v) is 2.68. The minimum atomic E-state index is -0.202. The van der Waals surface area contributed by atoms with Gasteiger partial charge in [0.05, 0.1) is 13.7 Å². The van der Waals surface area contributed by atoms with Gasteiger partial charge in [-0.05, 0) is 36.6 Å². The number of methoxy groups -OCH3 is 1. The molecule has 1 saturated carbocycles. The Hall–Kier alpha value is -1.83. The summed E-state index contributed by atoms with van der Waals surface area (Å²) in [6.07, 6.45) is 1.87. The van der Waals surface area contributed by atoms with E-state index in [0.29, 0.717) is 12.5 Å². The van der Waals surface area contributed by atoms with Crippen LogP contribution in [0.25, 0.3) is 0 Å². The van der Waals surface area contributed by atoms with E-state index in [-0.39, 0.29) is 35.2 Å². The van der Waals surface area contributed by atoms with E-state index in [4.69, 9.17) is 10.5 Å². The van der Waals surface area contributed by atoms with Gasteiger partial charge < -0.3 is 15.8 Å². The molecule has 0 heterocycles. The molecule has 3 rings (SSSR count). The lowest BCUT2D eigenvalue weighted by molar-refractivity contribution is 0.415. The fraction of sp³-hybridized carbons (Fsp3) is 0.278. The van der Waals surface area contributed by atoms with Crippen molar-refractivity contribution in [2.45, 2.75) is 18.3 Å². The fourth-order valence-electron chi connectivity index (χ4n) is 2.68. The number of rotatable bonds is 5. The molecule has 0 aliphatic heterocycles. The molecule has 24 heavy (non-hydrogen) atoms. The number of hydrogen-bond acceptors (Lipinski definition) is 2. The van der Waals surface area contributed by atoms with Crippen molar-refractivity contribution in [2.24, 2.45) is 10.7 Å². The Labute approximate surface area is 158 Å². The second-order valence-electron chi connectivity index (χ2n) is 5.82. The van der Waals surface area contributed by atoms with Gasteiger partial charge >= 0.3 is 0 Å². The predicted octanol–water partition coefficient (Wildman–Crippen LogP) is 3.91. The highest BCUT2D eigenvalue weighted by Crippen LogP contribution is 2.49. The van der Waals surface area contributed by atoms with E-state index >= 15 is 0 Å². The predicted molar refractivity (Wildman–Crippen MR) is 106 cm³/mol. The molecule has 128 valence electrons. The maximum Gasteiger partial charge on any atom is 0.193 e. The smallest absolute Gasteiger partial charge is 0.193 e. The van der Waals surface area contributed by atoms with Crippen LogP contribution in [0.4, 0.5) is 10.1 Å². The molecule has 0 bridgehead atoms. The summed E-state index contributed by atoms with van der Waals surface area (Å²) in [7, 11) is 1.61. The zero-order valence-corrected chi connectivity index (χ0v) is 15.8. The van der Waals surface area contributed by atoms with Crippen molar-refractivity contribution in [1.82, 2.24) is 0 Å². The van der Waals surface area contributed by atoms with Crippen LogP contribution in [0.3, 0.4) is 0 Å². The van der Waals surface area contributed by atoms with E-state index in [1.165, 1.54) is 6.07 Å². The Balaban J connectivity index is 0.00000208. The number of nitrogens with two attached hydrogens (primary N) is 1. The average Bonchev–Trinajstić information content (AvgIpc) is 3.35. The first-order valence-electron chi connectivity index (χ1n) is 7.59. The minimum Gasteiger partial charge on any atom is -0.497 e. The van der Waals surface area contributed by atoms with Gasteiger partial charge in [-0.15, -0.1) is 24.0 Å². The number of ether oxygens (including phenoxy) is 1. The maximum atomic E-state index is 14.0. The molecule has 6 heteroatoms. The molecule has 4 nitrogen and oxygen atoms in total. The number of nitrogens with one attached hydrogen (secondary N) is 1. The third-order valence-corrected chi connectivity index (χ3v) is 4.19. The quantitative estimate of drug-likeness (QED) is 0.420. The number of anilines is 1. The molecule has 3 N–H and O–H groups in total. The molecule has 0 amide bonds. The molecule has 2 aromatic carbocycles. The Morgan fingerprint density at radius 2 is 2.00 bits per heavy atom. The summed E-state index contributed by atoms with van der Waals surface area (Å²) in [4.78, 5) is 4.40. The Morgan fingerprint density at radius 1 is 1.25 bits per heavy atom. The van der Waals surface area contributed by atoms with Crippen molar-refractivity contribution < 1.29 is 9.13 Å². The van der Waals surface area contributed by atoms with Crippen LogP contribution < -0.4 is 15.8 Å². The van der Waals surface area contributed by atoms with Gasteiger partial charge in [0.1, 0.15) is 11.6 Å². The first-order chi connectivity index (χ1) is 11.1. The van der Waals surface area contributed by atoms with Crippen molar-refractivity contribution in [2.75, 3.05) is 19.0 Å². The molecular weight excluding hydrogens is 420 g/mol. The number of aliphatic imine (C=N–C) groups is 1. The summed E-state index contributed by atoms with van der Waals surface area (Å²) < 4.78 is 19.1. The number of nitrogens with zero attached hydrogens (tertiary/aromatic N) is 1. The molecule has 0 unspecified atom stereocenters. The van der Waals surface area contributed by atoms with Gasteiger partial charge in [-0.1, -0.05) is 24.3 Å². The molecule has 0 saturated heterocycles. The highest BCUT2D eigenvalue weighted by atomic mass is 127. The van der Waals surface area contributed by atoms with Gasteiger partial charge in [-0.3, -0.25) is 4.99 Å². The summed E-state index contributed by atoms with van der Waals surface area (Å²) in [6, 6.07) is 14.4. The van der Waals surface area contributed by atoms with Gasteiger partial charge in [0.15, 0.2) is 5.96 Å². The maximum absolute atomic E-state index is 14.0. The number of guanidine groups is 1. The average molecular weight is 441 g/mol. The van der Waals surface area contributed by atoms with E-state index in [9.17, 15) is 4.39 Å². The molecule has 0 aromatic heterocycles. The van der Waals surface area contributed by atoms with Crippen LogP contribution in [-0.2, 0) is 5.41 Å². The van der Waals surface area contributed by atoms with Gasteiger partial charge in [0.2, 0.25) is 0 Å². The van der Waals surface area contributed by atoms with Crippen LogP contribution in [0, 0.1) is 5.82 Å². The SMILES string of the molecule is COc1cccc(NC(N)=NCC2(c3ccccc3F)CC2)c1.I. The third-order valence-electron chi connectivity index (χ3n) is 4.19. The molecule has 0 atom stereocenters. The highest BCUT2D eigenvalue weighted by molar-refractivity contribution is 14.0. The Bertz CT molecular complexity index is 732. The monoisotopic (exact) mass is 441 g/mol. The first kappa shape index (κ1) is 18.5. The lowest BCUT2D eigenvalue weighted by atomic mass is 9.95. The van der Waals surface area contributed by atoms with Gasteiger partial charge in [-0.25, -0.2) is 4.39 Å². The summed E-state index contributed by atoms with van der Waals surface area (Å²) in [6.45, 7) is 0.483. The van der Waals surface area contributed by atoms with Crippen LogP contribution in [-0.4, -0.2) is 19.6 Å². The third kappa shape index (κ3) is 4.17. The van der Waals surface area contributed by atoms with Gasteiger partial charge in [-0.2, -0.15) is 0 Å². The lowest BCUT2D eigenvalue weighted by Gasteiger charge is -2.14. The second kappa shape index (κ2) is 7.83. The lowest BCUT2D eigenvalue weighted by Crippen LogP contribution is -2.25. The Kier molecular flexibility index (Phi) is 6.04. The molecular formula is C18H21FIN3O. The van der Waals surface area contributed by atoms with E-state index in [0.717, 1.165) is 29.8 Å². The van der Waals surface area contributed by atoms with Crippen molar-refractivity contribution in [3.63, 3.8) is 0 Å². The number of benzene rings is 2. The van der Waals surface area contributed by atoms with Crippen LogP contribution in [0.1, 0.15) is 18.4 Å². The zero-order valence-electron chi connectivity index (χ0n) is 13.5. The minimum absolute atomic E-state index is 0. The molecule has 1 fully saturated rings. The summed E-state index contributed by atoms with van der Waals surface area (Å²) in [5.41, 5.74) is 7.29. The highest BCUT2D eigenvalue weighted by Gasteiger charge is 2.45. The van der Waals surface area contributed by atoms with Crippen molar-refractivity contribution in [1.29, 1.82) is 0 Å². The van der Waals surface area contributed by atoms with Gasteiger partial charge in [0, 0.05) is 17.2 Å². The summed E-state index contributed by atoms with van der Waals surface area (Å²) >= 11 is 0. The Morgan fingerprint density at radius 3 is 2.67 bits per heavy atom. The largest absolute Gasteiger partial charge is 0.497 e. The van der Waals surface area contributed by atoms with Crippen molar-refractivity contribution in [3.05, 3.63) is 59.9 Å². The first-order valence-corrected chi connectivity index (χ1v) is 7.59. The van der Waals surface area contributed by atoms with Crippen LogP contribution in [0.5, 0.6) is 5.75 Å². The van der Waals surface area contributed by atoms with Crippen LogP contribution >= 0.6 is 24.0 Å². The van der Waals surface area contributed by atoms with Crippen LogP contribution in [0.2, 0.25) is 0 Å². The van der Waals surface area contributed by atoms with E-state index in [1.807, 2.05) is 36.4 Å². The molecule has 0 spiro atoms. The topological polar surface area (TPSA) is 59.6 Å². The van der Waals surface area contributed by atoms with Crippen molar-refractivity contribution >= 4 is 35.6 Å². The standard InChI is InChI=1S/C18H20FN3O.HI/c1-23-14-6-4-5-13(11-14)22-17(20)21-12-18(9-10-18)15-7-2-3-8-16(15)19;/h2-8,11H,9-10,12H2,1H3,(H3,20,21,22);1H. The molecule has 0 radical (unpaired) electrons. The van der Waals surface area contributed by atoms with E-state index < -0.39 is 0 Å². The van der Waals surface area contributed by atoms with Gasteiger partial charge in [0.25, 0.3) is 0 Å². The molecule has 2 aromatic rings. The normalized spacial score (nSPS) is 15.3. The molecule has 1 aliphatic carbocycles. The zero-order chi connectivity index (χ0) is 16.3. The number of halogens is 2. The molecule has 1 aliphatic rings. The van der Waals surface area contributed by atoms with E-state index in [1.54, 1.807) is 13.2 Å². The van der Waals surface area contributed by atoms with Crippen molar-refractivity contribution in [3.8, 4) is 5.75 Å².